The summed E-state index contributed by atoms with van der Waals surface area (Å²) in [5, 5.41) is 6.53. The van der Waals surface area contributed by atoms with Crippen molar-refractivity contribution in [1.82, 2.24) is 14.7 Å². The van der Waals surface area contributed by atoms with Crippen LogP contribution in [0, 0.1) is 6.92 Å². The number of fused-ring (bicyclic) bond motifs is 1. The normalized spacial score (nSPS) is 11.2. The fourth-order valence-corrected chi connectivity index (χ4v) is 3.17. The third-order valence-corrected chi connectivity index (χ3v) is 4.71. The molecule has 5 nitrogen and oxygen atoms in total. The van der Waals surface area contributed by atoms with Crippen molar-refractivity contribution in [1.29, 1.82) is 0 Å². The highest BCUT2D eigenvalue weighted by Crippen LogP contribution is 2.26. The lowest BCUT2D eigenvalue weighted by Crippen LogP contribution is -2.27. The zero-order chi connectivity index (χ0) is 18.5. The number of nitrogens with zero attached hydrogens (tertiary/aromatic N) is 3. The number of carbonyl (C=O) groups is 1. The molecule has 136 valence electrons. The molecule has 26 heavy (non-hydrogen) atoms. The summed E-state index contributed by atoms with van der Waals surface area (Å²) >= 11 is 0. The van der Waals surface area contributed by atoms with Crippen LogP contribution in [0.4, 0.5) is 0 Å². The van der Waals surface area contributed by atoms with Gasteiger partial charge in [0.15, 0.2) is 6.29 Å². The fourth-order valence-electron chi connectivity index (χ4n) is 3.17. The van der Waals surface area contributed by atoms with Crippen LogP contribution in [0.5, 0.6) is 5.88 Å². The van der Waals surface area contributed by atoms with Crippen LogP contribution < -0.4 is 4.74 Å². The van der Waals surface area contributed by atoms with Gasteiger partial charge >= 0.3 is 0 Å². The number of carbonyl (C=O) groups excluding carboxylic acids is 1. The molecule has 0 aliphatic rings. The number of rotatable bonds is 8. The van der Waals surface area contributed by atoms with Gasteiger partial charge in [0, 0.05) is 23.9 Å². The maximum absolute atomic E-state index is 11.8. The first-order valence-electron chi connectivity index (χ1n) is 9.07. The van der Waals surface area contributed by atoms with Crippen molar-refractivity contribution in [2.24, 2.45) is 0 Å². The minimum Gasteiger partial charge on any atom is -0.475 e. The molecule has 3 rings (SSSR count). The Morgan fingerprint density at radius 1 is 1.15 bits per heavy atom. The molecule has 0 saturated heterocycles. The lowest BCUT2D eigenvalue weighted by molar-refractivity contribution is 0.112. The highest BCUT2D eigenvalue weighted by molar-refractivity contribution is 6.01. The van der Waals surface area contributed by atoms with Crippen LogP contribution in [-0.4, -0.2) is 47.2 Å². The average Bonchev–Trinajstić information content (AvgIpc) is 3.04. The molecule has 0 radical (unpaired) electrons. The molecule has 3 aromatic rings. The molecule has 1 heterocycles. The maximum Gasteiger partial charge on any atom is 0.233 e. The fraction of sp³-hybridized carbons (Fsp3) is 0.333. The molecule has 0 fully saturated rings. The molecule has 0 spiro atoms. The van der Waals surface area contributed by atoms with Crippen LogP contribution in [0.1, 0.15) is 29.9 Å². The summed E-state index contributed by atoms with van der Waals surface area (Å²) in [5.74, 6) is 0.583. The van der Waals surface area contributed by atoms with E-state index < -0.39 is 0 Å². The molecular weight excluding hydrogens is 326 g/mol. The van der Waals surface area contributed by atoms with E-state index in [9.17, 15) is 4.79 Å². The third-order valence-electron chi connectivity index (χ3n) is 4.71. The summed E-state index contributed by atoms with van der Waals surface area (Å²) < 4.78 is 7.60. The average molecular weight is 351 g/mol. The molecular formula is C21H25N3O2. The van der Waals surface area contributed by atoms with Crippen molar-refractivity contribution in [2.45, 2.75) is 20.8 Å². The molecule has 0 amide bonds. The van der Waals surface area contributed by atoms with Crippen molar-refractivity contribution < 1.29 is 9.53 Å². The number of hydrogen-bond acceptors (Lipinski definition) is 4. The van der Waals surface area contributed by atoms with E-state index in [1.54, 1.807) is 4.68 Å². The highest BCUT2D eigenvalue weighted by Gasteiger charge is 2.13. The Kier molecular flexibility index (Phi) is 5.68. The van der Waals surface area contributed by atoms with Gasteiger partial charge in [-0.3, -0.25) is 4.79 Å². The van der Waals surface area contributed by atoms with Crippen LogP contribution in [0.3, 0.4) is 0 Å². The van der Waals surface area contributed by atoms with E-state index in [1.807, 2.05) is 49.4 Å². The van der Waals surface area contributed by atoms with Crippen molar-refractivity contribution >= 4 is 17.1 Å². The second-order valence-electron chi connectivity index (χ2n) is 6.25. The van der Waals surface area contributed by atoms with Gasteiger partial charge in [-0.15, -0.1) is 5.10 Å². The van der Waals surface area contributed by atoms with E-state index in [0.717, 1.165) is 48.1 Å². The van der Waals surface area contributed by atoms with Crippen molar-refractivity contribution in [2.75, 3.05) is 26.2 Å². The number of benzene rings is 2. The number of aryl methyl sites for hydroxylation is 1. The summed E-state index contributed by atoms with van der Waals surface area (Å²) in [6, 6.07) is 13.7. The lowest BCUT2D eigenvalue weighted by atomic mass is 10.0. The van der Waals surface area contributed by atoms with Gasteiger partial charge in [0.25, 0.3) is 0 Å². The van der Waals surface area contributed by atoms with E-state index in [0.29, 0.717) is 18.1 Å². The summed E-state index contributed by atoms with van der Waals surface area (Å²) in [6.07, 6.45) is 0.902. The van der Waals surface area contributed by atoms with Gasteiger partial charge in [0.2, 0.25) is 5.88 Å². The molecule has 1 aromatic heterocycles. The van der Waals surface area contributed by atoms with Crippen LogP contribution in [0.15, 0.2) is 42.5 Å². The SMILES string of the molecule is CCN(CC)CCOc1cc(C)n(-c2ccc3ccccc3c2C=O)n1. The molecule has 0 unspecified atom stereocenters. The van der Waals surface area contributed by atoms with Gasteiger partial charge in [-0.05, 0) is 36.9 Å². The van der Waals surface area contributed by atoms with Crippen molar-refractivity contribution in [3.63, 3.8) is 0 Å². The van der Waals surface area contributed by atoms with Gasteiger partial charge in [-0.1, -0.05) is 44.2 Å². The molecule has 5 heteroatoms. The van der Waals surface area contributed by atoms with E-state index >= 15 is 0 Å². The number of hydrogen-bond donors (Lipinski definition) is 0. The topological polar surface area (TPSA) is 47.4 Å². The molecule has 0 aliphatic heterocycles. The minimum absolute atomic E-state index is 0.583. The molecule has 2 aromatic carbocycles. The second kappa shape index (κ2) is 8.15. The summed E-state index contributed by atoms with van der Waals surface area (Å²) in [5.41, 5.74) is 2.35. The summed E-state index contributed by atoms with van der Waals surface area (Å²) in [4.78, 5) is 14.1. The zero-order valence-corrected chi connectivity index (χ0v) is 15.6. The Labute approximate surface area is 154 Å². The molecule has 0 atom stereocenters. The Balaban J connectivity index is 1.87. The first kappa shape index (κ1) is 18.1. The Morgan fingerprint density at radius 3 is 2.65 bits per heavy atom. The quantitative estimate of drug-likeness (QED) is 0.578. The minimum atomic E-state index is 0.583. The lowest BCUT2D eigenvalue weighted by Gasteiger charge is -2.17. The van der Waals surface area contributed by atoms with Crippen molar-refractivity contribution in [3.05, 3.63) is 53.7 Å². The predicted molar refractivity (Wildman–Crippen MR) is 104 cm³/mol. The first-order chi connectivity index (χ1) is 12.7. The van der Waals surface area contributed by atoms with E-state index in [1.165, 1.54) is 0 Å². The van der Waals surface area contributed by atoms with E-state index in [4.69, 9.17) is 4.74 Å². The summed E-state index contributed by atoms with van der Waals surface area (Å²) in [6.45, 7) is 9.73. The Bertz CT molecular complexity index is 897. The molecule has 0 bridgehead atoms. The number of ether oxygens (including phenoxy) is 1. The van der Waals surface area contributed by atoms with Crippen LogP contribution >= 0.6 is 0 Å². The van der Waals surface area contributed by atoms with Gasteiger partial charge in [0.05, 0.1) is 5.69 Å². The molecule has 0 aliphatic carbocycles. The molecule has 0 saturated carbocycles. The van der Waals surface area contributed by atoms with Gasteiger partial charge in [0.1, 0.15) is 6.61 Å². The Hall–Kier alpha value is -2.66. The van der Waals surface area contributed by atoms with E-state index in [-0.39, 0.29) is 0 Å². The summed E-state index contributed by atoms with van der Waals surface area (Å²) in [7, 11) is 0. The smallest absolute Gasteiger partial charge is 0.233 e. The largest absolute Gasteiger partial charge is 0.475 e. The molecule has 0 N–H and O–H groups in total. The monoisotopic (exact) mass is 351 g/mol. The van der Waals surface area contributed by atoms with Gasteiger partial charge < -0.3 is 9.64 Å². The van der Waals surface area contributed by atoms with Gasteiger partial charge in [-0.25, -0.2) is 4.68 Å². The third kappa shape index (κ3) is 3.63. The van der Waals surface area contributed by atoms with E-state index in [2.05, 4.69) is 23.8 Å². The van der Waals surface area contributed by atoms with Gasteiger partial charge in [-0.2, -0.15) is 0 Å². The second-order valence-corrected chi connectivity index (χ2v) is 6.25. The van der Waals surface area contributed by atoms with Crippen molar-refractivity contribution in [3.8, 4) is 11.6 Å². The number of likely N-dealkylation sites (N-methyl/N-ethyl adjacent to an activating group) is 1. The predicted octanol–water partition coefficient (Wildman–Crippen LogP) is 3.87. The standard InChI is InChI=1S/C21H25N3O2/c1-4-23(5-2)12-13-26-21-14-16(3)24(22-21)20-11-10-17-8-6-7-9-18(17)19(20)15-25/h6-11,14-15H,4-5,12-13H2,1-3H3. The van der Waals surface area contributed by atoms with Crippen LogP contribution in [-0.2, 0) is 0 Å². The Morgan fingerprint density at radius 2 is 1.92 bits per heavy atom. The number of aromatic nitrogens is 2. The first-order valence-corrected chi connectivity index (χ1v) is 9.07. The van der Waals surface area contributed by atoms with Crippen LogP contribution in [0.25, 0.3) is 16.5 Å². The highest BCUT2D eigenvalue weighted by atomic mass is 16.5. The number of aldehydes is 1. The maximum atomic E-state index is 11.8. The zero-order valence-electron chi connectivity index (χ0n) is 15.6. The van der Waals surface area contributed by atoms with Crippen LogP contribution in [0.2, 0.25) is 0 Å².